The lowest BCUT2D eigenvalue weighted by Gasteiger charge is -2.32. The molecule has 1 aromatic carbocycles. The molecule has 1 amide bonds. The fourth-order valence-corrected chi connectivity index (χ4v) is 4.44. The number of anilines is 3. The Bertz CT molecular complexity index is 1490. The van der Waals surface area contributed by atoms with Crippen LogP contribution >= 0.6 is 0 Å². The van der Waals surface area contributed by atoms with E-state index < -0.39 is 35.3 Å². The van der Waals surface area contributed by atoms with Crippen LogP contribution in [0.2, 0.25) is 0 Å². The summed E-state index contributed by atoms with van der Waals surface area (Å²) in [5, 5.41) is 17.3. The maximum absolute atomic E-state index is 14.1. The Morgan fingerprint density at radius 2 is 1.97 bits per heavy atom. The molecule has 2 atom stereocenters. The van der Waals surface area contributed by atoms with E-state index in [0.29, 0.717) is 17.8 Å². The van der Waals surface area contributed by atoms with E-state index in [1.165, 1.54) is 16.7 Å². The smallest absolute Gasteiger partial charge is 0.382 e. The van der Waals surface area contributed by atoms with E-state index in [0.717, 1.165) is 11.6 Å². The van der Waals surface area contributed by atoms with Crippen molar-refractivity contribution in [3.8, 4) is 17.9 Å². The number of aromatic nitrogens is 3. The molecule has 0 spiro atoms. The molecule has 200 valence electrons. The molecule has 9 nitrogen and oxygen atoms in total. The van der Waals surface area contributed by atoms with Gasteiger partial charge in [-0.15, -0.1) is 10.2 Å². The first-order valence-electron chi connectivity index (χ1n) is 12.0. The largest absolute Gasteiger partial charge is 0.417 e. The quantitative estimate of drug-likeness (QED) is 0.488. The number of aryl methyl sites for hydroxylation is 2. The van der Waals surface area contributed by atoms with Gasteiger partial charge in [-0.3, -0.25) is 9.69 Å². The minimum absolute atomic E-state index is 0.0639. The van der Waals surface area contributed by atoms with Crippen LogP contribution in [-0.2, 0) is 11.0 Å². The number of nitrogen functional groups attached to an aromatic ring is 1. The van der Waals surface area contributed by atoms with Crippen LogP contribution in [0.15, 0.2) is 42.5 Å². The van der Waals surface area contributed by atoms with Gasteiger partial charge in [0.05, 0.1) is 12.1 Å². The lowest BCUT2D eigenvalue weighted by molar-refractivity contribution is -0.137. The molecular weight excluding hydrogens is 509 g/mol. The summed E-state index contributed by atoms with van der Waals surface area (Å²) in [4.78, 5) is 21.1. The van der Waals surface area contributed by atoms with Crippen molar-refractivity contribution in [2.75, 3.05) is 28.6 Å². The molecule has 1 aliphatic rings. The summed E-state index contributed by atoms with van der Waals surface area (Å²) in [6.07, 6.45) is -4.46. The van der Waals surface area contributed by atoms with Crippen molar-refractivity contribution in [1.29, 1.82) is 5.26 Å². The summed E-state index contributed by atoms with van der Waals surface area (Å²) >= 11 is 0. The Hall–Kier alpha value is -4.68. The number of rotatable bonds is 4. The van der Waals surface area contributed by atoms with E-state index in [9.17, 15) is 23.2 Å². The Labute approximate surface area is 223 Å². The highest BCUT2D eigenvalue weighted by Gasteiger charge is 2.43. The second-order valence-corrected chi connectivity index (χ2v) is 9.12. The lowest BCUT2D eigenvalue weighted by atomic mass is 10.1. The molecule has 4 rings (SSSR count). The standard InChI is InChI=1S/C27H25F3N8O/c1-16-5-3-7-19(13-16)37(11-4-6-18-8-9-23(33)36-35-18)26(39)24-22(32)10-12-38(24)25-20(15-31)21(27(28,29)30)14-17(2)34-25/h3,5,7-9,13-14,22,24H,10-12,32H2,1-2H3,(H2,33,36). The Morgan fingerprint density at radius 1 is 1.21 bits per heavy atom. The van der Waals surface area contributed by atoms with Gasteiger partial charge in [0, 0.05) is 24.0 Å². The lowest BCUT2D eigenvalue weighted by Crippen LogP contribution is -2.53. The summed E-state index contributed by atoms with van der Waals surface area (Å²) in [5.74, 6) is 5.28. The SMILES string of the molecule is Cc1cccc(N(CC#Cc2ccc(N)nn2)C(=O)C2C(N)CCN2c2nc(C)cc(C(F)(F)F)c2C#N)c1. The van der Waals surface area contributed by atoms with Crippen molar-refractivity contribution < 1.29 is 18.0 Å². The molecular formula is C27H25F3N8O. The summed E-state index contributed by atoms with van der Waals surface area (Å²) in [5.41, 5.74) is 12.0. The van der Waals surface area contributed by atoms with Crippen molar-refractivity contribution in [3.63, 3.8) is 0 Å². The van der Waals surface area contributed by atoms with E-state index in [4.69, 9.17) is 11.5 Å². The number of hydrogen-bond acceptors (Lipinski definition) is 8. The summed E-state index contributed by atoms with van der Waals surface area (Å²) in [6, 6.07) is 11.0. The normalized spacial score (nSPS) is 16.8. The first-order valence-corrected chi connectivity index (χ1v) is 12.0. The molecule has 0 aliphatic carbocycles. The number of benzene rings is 1. The van der Waals surface area contributed by atoms with Gasteiger partial charge in [-0.25, -0.2) is 4.98 Å². The predicted octanol–water partition coefficient (Wildman–Crippen LogP) is 2.95. The minimum atomic E-state index is -4.77. The fraction of sp³-hybridized carbons (Fsp3) is 0.296. The maximum Gasteiger partial charge on any atom is 0.417 e. The van der Waals surface area contributed by atoms with Gasteiger partial charge in [0.15, 0.2) is 0 Å². The summed E-state index contributed by atoms with van der Waals surface area (Å²) < 4.78 is 41.3. The number of alkyl halides is 3. The molecule has 2 unspecified atom stereocenters. The zero-order chi connectivity index (χ0) is 28.3. The number of nitrogens with two attached hydrogens (primary N) is 2. The number of carbonyl (C=O) groups excluding carboxylic acids is 1. The van der Waals surface area contributed by atoms with E-state index in [2.05, 4.69) is 27.0 Å². The van der Waals surface area contributed by atoms with Gasteiger partial charge in [-0.2, -0.15) is 18.4 Å². The highest BCUT2D eigenvalue weighted by Crippen LogP contribution is 2.38. The van der Waals surface area contributed by atoms with E-state index >= 15 is 0 Å². The Balaban J connectivity index is 1.75. The number of nitrogens with zero attached hydrogens (tertiary/aromatic N) is 6. The fourth-order valence-electron chi connectivity index (χ4n) is 4.44. The Kier molecular flexibility index (Phi) is 7.70. The predicted molar refractivity (Wildman–Crippen MR) is 139 cm³/mol. The monoisotopic (exact) mass is 534 g/mol. The Morgan fingerprint density at radius 3 is 2.62 bits per heavy atom. The van der Waals surface area contributed by atoms with Gasteiger partial charge in [-0.1, -0.05) is 18.1 Å². The van der Waals surface area contributed by atoms with Crippen LogP contribution in [0.1, 0.15) is 34.5 Å². The first kappa shape index (κ1) is 27.4. The molecule has 3 aromatic rings. The van der Waals surface area contributed by atoms with Crippen LogP contribution < -0.4 is 21.3 Å². The van der Waals surface area contributed by atoms with Gasteiger partial charge < -0.3 is 16.4 Å². The highest BCUT2D eigenvalue weighted by atomic mass is 19.4. The number of amides is 1. The molecule has 3 heterocycles. The third kappa shape index (κ3) is 5.92. The third-order valence-corrected chi connectivity index (χ3v) is 6.23. The van der Waals surface area contributed by atoms with Crippen LogP contribution in [0.25, 0.3) is 0 Å². The van der Waals surface area contributed by atoms with Crippen molar-refractivity contribution in [2.45, 2.75) is 38.5 Å². The molecule has 39 heavy (non-hydrogen) atoms. The molecule has 4 N–H and O–H groups in total. The average molecular weight is 535 g/mol. The van der Waals surface area contributed by atoms with Crippen molar-refractivity contribution in [1.82, 2.24) is 15.2 Å². The van der Waals surface area contributed by atoms with E-state index in [1.807, 2.05) is 13.0 Å². The van der Waals surface area contributed by atoms with Crippen molar-refractivity contribution >= 4 is 23.2 Å². The van der Waals surface area contributed by atoms with Crippen LogP contribution in [0.5, 0.6) is 0 Å². The number of hydrogen-bond donors (Lipinski definition) is 2. The van der Waals surface area contributed by atoms with Gasteiger partial charge in [0.1, 0.15) is 35.0 Å². The van der Waals surface area contributed by atoms with Crippen LogP contribution in [-0.4, -0.2) is 46.3 Å². The van der Waals surface area contributed by atoms with Gasteiger partial charge in [-0.05, 0) is 62.1 Å². The summed E-state index contributed by atoms with van der Waals surface area (Å²) in [7, 11) is 0. The van der Waals surface area contributed by atoms with Crippen LogP contribution in [0.3, 0.4) is 0 Å². The first-order chi connectivity index (χ1) is 18.5. The van der Waals surface area contributed by atoms with Crippen LogP contribution in [0.4, 0.5) is 30.5 Å². The minimum Gasteiger partial charge on any atom is -0.382 e. The zero-order valence-corrected chi connectivity index (χ0v) is 21.2. The molecule has 0 radical (unpaired) electrons. The van der Waals surface area contributed by atoms with Crippen LogP contribution in [0, 0.1) is 37.0 Å². The number of nitriles is 1. The second kappa shape index (κ2) is 11.0. The molecule has 0 saturated carbocycles. The number of pyridine rings is 1. The van der Waals surface area contributed by atoms with Gasteiger partial charge in [0.2, 0.25) is 0 Å². The van der Waals surface area contributed by atoms with Gasteiger partial charge in [0.25, 0.3) is 5.91 Å². The topological polar surface area (TPSA) is 138 Å². The van der Waals surface area contributed by atoms with E-state index in [-0.39, 0.29) is 30.4 Å². The number of halogens is 3. The molecule has 2 aromatic heterocycles. The molecule has 1 aliphatic heterocycles. The molecule has 1 saturated heterocycles. The second-order valence-electron chi connectivity index (χ2n) is 9.12. The summed E-state index contributed by atoms with van der Waals surface area (Å²) in [6.45, 7) is 3.35. The van der Waals surface area contributed by atoms with Crippen molar-refractivity contribution in [3.05, 3.63) is 70.5 Å². The van der Waals surface area contributed by atoms with Gasteiger partial charge >= 0.3 is 6.18 Å². The zero-order valence-electron chi connectivity index (χ0n) is 21.2. The van der Waals surface area contributed by atoms with E-state index in [1.54, 1.807) is 36.4 Å². The molecule has 0 bridgehead atoms. The number of carbonyl (C=O) groups is 1. The average Bonchev–Trinajstić information content (AvgIpc) is 3.27. The van der Waals surface area contributed by atoms with Crippen molar-refractivity contribution in [2.24, 2.45) is 5.73 Å². The molecule has 12 heteroatoms. The highest BCUT2D eigenvalue weighted by molar-refractivity contribution is 6.00. The third-order valence-electron chi connectivity index (χ3n) is 6.23. The molecule has 1 fully saturated rings. The maximum atomic E-state index is 14.1.